The fraction of sp³-hybridized carbons (Fsp3) is 0.893. The number of aliphatic hydroxyl groups excluding tert-OH is 1. The summed E-state index contributed by atoms with van der Waals surface area (Å²) in [6.07, 6.45) is 31.1. The molecule has 0 aliphatic carbocycles. The highest BCUT2D eigenvalue weighted by molar-refractivity contribution is 5.69. The highest BCUT2D eigenvalue weighted by Gasteiger charge is 2.02. The molecule has 0 heterocycles. The molecule has 0 aromatic heterocycles. The number of esters is 1. The van der Waals surface area contributed by atoms with E-state index < -0.39 is 0 Å². The lowest BCUT2D eigenvalue weighted by atomic mass is 10.1. The number of carbonyl (C=O) groups excluding carboxylic acids is 1. The summed E-state index contributed by atoms with van der Waals surface area (Å²) in [5.41, 5.74) is 0. The van der Waals surface area contributed by atoms with Crippen molar-refractivity contribution in [1.82, 2.24) is 0 Å². The fourth-order valence-electron chi connectivity index (χ4n) is 3.87. The predicted octanol–water partition coefficient (Wildman–Crippen LogP) is 8.68. The number of rotatable bonds is 25. The van der Waals surface area contributed by atoms with Gasteiger partial charge in [0.1, 0.15) is 0 Å². The molecule has 1 N–H and O–H groups in total. The summed E-state index contributed by atoms with van der Waals surface area (Å²) < 4.78 is 5.36. The van der Waals surface area contributed by atoms with E-state index in [0.717, 1.165) is 25.7 Å². The van der Waals surface area contributed by atoms with Crippen molar-refractivity contribution in [3.8, 4) is 0 Å². The second-order valence-electron chi connectivity index (χ2n) is 9.11. The Morgan fingerprint density at radius 1 is 0.613 bits per heavy atom. The van der Waals surface area contributed by atoms with Crippen molar-refractivity contribution < 1.29 is 14.6 Å². The minimum atomic E-state index is -0.00566. The van der Waals surface area contributed by atoms with Crippen LogP contribution in [0.3, 0.4) is 0 Å². The van der Waals surface area contributed by atoms with Crippen molar-refractivity contribution in [2.75, 3.05) is 13.2 Å². The maximum Gasteiger partial charge on any atom is 0.305 e. The molecule has 3 nitrogen and oxygen atoms in total. The first-order valence-corrected chi connectivity index (χ1v) is 13.7. The van der Waals surface area contributed by atoms with Gasteiger partial charge in [-0.25, -0.2) is 0 Å². The average Bonchev–Trinajstić information content (AvgIpc) is 2.77. The van der Waals surface area contributed by atoms with Gasteiger partial charge in [-0.15, -0.1) is 0 Å². The maximum atomic E-state index is 11.8. The van der Waals surface area contributed by atoms with E-state index in [-0.39, 0.29) is 5.97 Å². The first-order chi connectivity index (χ1) is 15.3. The number of carbonyl (C=O) groups is 1. The van der Waals surface area contributed by atoms with Crippen LogP contribution < -0.4 is 0 Å². The molecule has 0 saturated carbocycles. The summed E-state index contributed by atoms with van der Waals surface area (Å²) in [6, 6.07) is 0. The molecule has 0 rings (SSSR count). The summed E-state index contributed by atoms with van der Waals surface area (Å²) >= 11 is 0. The second-order valence-corrected chi connectivity index (χ2v) is 9.11. The third kappa shape index (κ3) is 27.1. The number of aliphatic hydroxyl groups is 1. The van der Waals surface area contributed by atoms with E-state index >= 15 is 0 Å². The first-order valence-electron chi connectivity index (χ1n) is 13.7. The predicted molar refractivity (Wildman–Crippen MR) is 134 cm³/mol. The van der Waals surface area contributed by atoms with Gasteiger partial charge in [0, 0.05) is 13.0 Å². The number of unbranched alkanes of at least 4 members (excludes halogenated alkanes) is 18. The van der Waals surface area contributed by atoms with Crippen molar-refractivity contribution >= 4 is 5.97 Å². The van der Waals surface area contributed by atoms with Crippen LogP contribution in [-0.4, -0.2) is 24.3 Å². The van der Waals surface area contributed by atoms with Gasteiger partial charge in [0.05, 0.1) is 6.61 Å². The van der Waals surface area contributed by atoms with Crippen molar-refractivity contribution in [3.05, 3.63) is 12.2 Å². The molecule has 184 valence electrons. The van der Waals surface area contributed by atoms with Crippen molar-refractivity contribution in [1.29, 1.82) is 0 Å². The largest absolute Gasteiger partial charge is 0.466 e. The molecule has 0 unspecified atom stereocenters. The highest BCUT2D eigenvalue weighted by atomic mass is 16.5. The summed E-state index contributed by atoms with van der Waals surface area (Å²) in [6.45, 7) is 3.20. The normalized spacial score (nSPS) is 11.4. The van der Waals surface area contributed by atoms with Gasteiger partial charge in [-0.3, -0.25) is 4.79 Å². The summed E-state index contributed by atoms with van der Waals surface area (Å²) in [7, 11) is 0. The molecule has 0 amide bonds. The van der Waals surface area contributed by atoms with E-state index in [1.165, 1.54) is 109 Å². The Hall–Kier alpha value is -0.830. The van der Waals surface area contributed by atoms with Crippen LogP contribution >= 0.6 is 0 Å². The Labute approximate surface area is 194 Å². The minimum Gasteiger partial charge on any atom is -0.466 e. The smallest absolute Gasteiger partial charge is 0.305 e. The Balaban J connectivity index is 3.19. The van der Waals surface area contributed by atoms with Gasteiger partial charge in [-0.2, -0.15) is 0 Å². The molecule has 0 aromatic rings. The van der Waals surface area contributed by atoms with Crippen LogP contribution in [-0.2, 0) is 9.53 Å². The first kappa shape index (κ1) is 30.2. The molecule has 0 atom stereocenters. The molecule has 0 aromatic carbocycles. The zero-order valence-corrected chi connectivity index (χ0v) is 20.9. The number of allylic oxidation sites excluding steroid dienone is 2. The van der Waals surface area contributed by atoms with Gasteiger partial charge < -0.3 is 9.84 Å². The molecule has 0 spiro atoms. The molecule has 3 heteroatoms. The molecule has 0 fully saturated rings. The van der Waals surface area contributed by atoms with Crippen LogP contribution in [0.25, 0.3) is 0 Å². The van der Waals surface area contributed by atoms with Gasteiger partial charge in [0.25, 0.3) is 0 Å². The van der Waals surface area contributed by atoms with Crippen molar-refractivity contribution in [3.63, 3.8) is 0 Å². The van der Waals surface area contributed by atoms with E-state index in [4.69, 9.17) is 9.84 Å². The summed E-state index contributed by atoms with van der Waals surface area (Å²) in [5.74, 6) is -0.00566. The Bertz CT molecular complexity index is 378. The Morgan fingerprint density at radius 3 is 1.61 bits per heavy atom. The molecule has 31 heavy (non-hydrogen) atoms. The van der Waals surface area contributed by atoms with E-state index in [1.807, 2.05) is 0 Å². The third-order valence-electron chi connectivity index (χ3n) is 5.96. The highest BCUT2D eigenvalue weighted by Crippen LogP contribution is 2.12. The second kappa shape index (κ2) is 27.2. The molecular formula is C28H54O3. The van der Waals surface area contributed by atoms with Gasteiger partial charge >= 0.3 is 5.97 Å². The molecule has 0 bridgehead atoms. The van der Waals surface area contributed by atoms with Gasteiger partial charge in [-0.05, 0) is 44.9 Å². The molecular weight excluding hydrogens is 384 g/mol. The molecule has 0 saturated heterocycles. The van der Waals surface area contributed by atoms with E-state index in [9.17, 15) is 4.79 Å². The standard InChI is InChI=1S/C28H54O3/c1-2-3-4-5-6-7-8-9-10-13-16-19-22-25-28(30)31-27-24-21-18-15-12-11-14-17-20-23-26-29/h7-8,29H,2-6,9-27H2,1H3/b8-7-. The van der Waals surface area contributed by atoms with E-state index in [1.54, 1.807) is 0 Å². The summed E-state index contributed by atoms with van der Waals surface area (Å²) in [4.78, 5) is 11.8. The van der Waals surface area contributed by atoms with E-state index in [0.29, 0.717) is 19.6 Å². The minimum absolute atomic E-state index is 0.00566. The van der Waals surface area contributed by atoms with Crippen molar-refractivity contribution in [2.45, 2.75) is 148 Å². The van der Waals surface area contributed by atoms with Crippen LogP contribution in [0, 0.1) is 0 Å². The van der Waals surface area contributed by atoms with Gasteiger partial charge in [-0.1, -0.05) is 109 Å². The number of hydrogen-bond donors (Lipinski definition) is 1. The number of hydrogen-bond acceptors (Lipinski definition) is 3. The Morgan fingerprint density at radius 2 is 1.06 bits per heavy atom. The molecule has 0 aliphatic heterocycles. The third-order valence-corrected chi connectivity index (χ3v) is 5.96. The van der Waals surface area contributed by atoms with Crippen LogP contribution in [0.5, 0.6) is 0 Å². The van der Waals surface area contributed by atoms with Crippen LogP contribution in [0.1, 0.15) is 148 Å². The number of ether oxygens (including phenoxy) is 1. The lowest BCUT2D eigenvalue weighted by molar-refractivity contribution is -0.143. The topological polar surface area (TPSA) is 46.5 Å². The van der Waals surface area contributed by atoms with Crippen molar-refractivity contribution in [2.24, 2.45) is 0 Å². The van der Waals surface area contributed by atoms with Gasteiger partial charge in [0.15, 0.2) is 0 Å². The SMILES string of the molecule is CCCCCC/C=C\CCCCCCCC(=O)OCCCCCCCCCCCCO. The fourth-order valence-corrected chi connectivity index (χ4v) is 3.87. The van der Waals surface area contributed by atoms with Crippen LogP contribution in [0.4, 0.5) is 0 Å². The lowest BCUT2D eigenvalue weighted by Crippen LogP contribution is -2.05. The molecule has 0 aliphatic rings. The monoisotopic (exact) mass is 438 g/mol. The zero-order chi connectivity index (χ0) is 22.7. The maximum absolute atomic E-state index is 11.8. The van der Waals surface area contributed by atoms with Gasteiger partial charge in [0.2, 0.25) is 0 Å². The average molecular weight is 439 g/mol. The lowest BCUT2D eigenvalue weighted by Gasteiger charge is -2.05. The quantitative estimate of drug-likeness (QED) is 0.0880. The van der Waals surface area contributed by atoms with E-state index in [2.05, 4.69) is 19.1 Å². The Kier molecular flexibility index (Phi) is 26.5. The summed E-state index contributed by atoms with van der Waals surface area (Å²) in [5, 5.41) is 8.74. The zero-order valence-electron chi connectivity index (χ0n) is 20.9. The molecule has 0 radical (unpaired) electrons. The van der Waals surface area contributed by atoms with Crippen LogP contribution in [0.15, 0.2) is 12.2 Å². The van der Waals surface area contributed by atoms with Crippen LogP contribution in [0.2, 0.25) is 0 Å².